The van der Waals surface area contributed by atoms with Crippen LogP contribution in [0.2, 0.25) is 0 Å². The summed E-state index contributed by atoms with van der Waals surface area (Å²) in [6.07, 6.45) is 11.3. The number of guanidine groups is 1. The first-order chi connectivity index (χ1) is 13.8. The number of amides is 1. The maximum Gasteiger partial charge on any atom is 0.222 e. The molecule has 28 heavy (non-hydrogen) atoms. The molecule has 1 aromatic rings. The van der Waals surface area contributed by atoms with Gasteiger partial charge in [-0.3, -0.25) is 9.79 Å². The third-order valence-corrected chi connectivity index (χ3v) is 6.13. The average Bonchev–Trinajstić information content (AvgIpc) is 3.14. The highest BCUT2D eigenvalue weighted by Crippen LogP contribution is 2.26. The average molecular weight is 385 g/mol. The maximum atomic E-state index is 11.9. The standard InChI is InChI=1S/C23H36N4O/c1-24-23(25-15-7-11-19-9-3-2-4-10-19)26-17-20-12-5-6-13-21(20)18-27-16-8-14-22(27)28/h5-6,12-13,19H,2-4,7-11,14-18H2,1H3,(H2,24,25,26). The van der Waals surface area contributed by atoms with E-state index in [0.717, 1.165) is 37.9 Å². The fourth-order valence-corrected chi connectivity index (χ4v) is 4.43. The molecule has 1 aromatic carbocycles. The molecule has 0 radical (unpaired) electrons. The molecular weight excluding hydrogens is 348 g/mol. The van der Waals surface area contributed by atoms with Gasteiger partial charge in [0.1, 0.15) is 0 Å². The van der Waals surface area contributed by atoms with Crippen molar-refractivity contribution in [2.24, 2.45) is 10.9 Å². The largest absolute Gasteiger partial charge is 0.356 e. The van der Waals surface area contributed by atoms with Gasteiger partial charge in [0.25, 0.3) is 0 Å². The summed E-state index contributed by atoms with van der Waals surface area (Å²) in [5.41, 5.74) is 2.45. The highest BCUT2D eigenvalue weighted by molar-refractivity contribution is 5.79. The molecule has 0 unspecified atom stereocenters. The summed E-state index contributed by atoms with van der Waals surface area (Å²) in [7, 11) is 1.82. The van der Waals surface area contributed by atoms with Crippen LogP contribution >= 0.6 is 0 Å². The lowest BCUT2D eigenvalue weighted by molar-refractivity contribution is -0.128. The zero-order valence-electron chi connectivity index (χ0n) is 17.4. The van der Waals surface area contributed by atoms with E-state index in [9.17, 15) is 4.79 Å². The van der Waals surface area contributed by atoms with Gasteiger partial charge < -0.3 is 15.5 Å². The van der Waals surface area contributed by atoms with Gasteiger partial charge in [-0.25, -0.2) is 0 Å². The van der Waals surface area contributed by atoms with E-state index < -0.39 is 0 Å². The molecule has 0 atom stereocenters. The predicted molar refractivity (Wildman–Crippen MR) is 115 cm³/mol. The van der Waals surface area contributed by atoms with Crippen molar-refractivity contribution in [2.45, 2.75) is 70.9 Å². The van der Waals surface area contributed by atoms with E-state index in [2.05, 4.69) is 39.9 Å². The van der Waals surface area contributed by atoms with Crippen LogP contribution in [-0.4, -0.2) is 36.9 Å². The smallest absolute Gasteiger partial charge is 0.222 e. The van der Waals surface area contributed by atoms with Gasteiger partial charge in [-0.2, -0.15) is 0 Å². The second-order valence-corrected chi connectivity index (χ2v) is 8.19. The Kier molecular flexibility index (Phi) is 8.19. The number of carbonyl (C=O) groups is 1. The lowest BCUT2D eigenvalue weighted by Crippen LogP contribution is -2.37. The van der Waals surface area contributed by atoms with Gasteiger partial charge in [-0.1, -0.05) is 56.4 Å². The molecule has 5 heteroatoms. The molecule has 1 heterocycles. The van der Waals surface area contributed by atoms with Crippen LogP contribution in [0.3, 0.4) is 0 Å². The summed E-state index contributed by atoms with van der Waals surface area (Å²) in [6, 6.07) is 8.38. The van der Waals surface area contributed by atoms with Crippen LogP contribution in [0.25, 0.3) is 0 Å². The fraction of sp³-hybridized carbons (Fsp3) is 0.652. The highest BCUT2D eigenvalue weighted by atomic mass is 16.2. The quantitative estimate of drug-likeness (QED) is 0.407. The van der Waals surface area contributed by atoms with Crippen LogP contribution in [0.15, 0.2) is 29.3 Å². The van der Waals surface area contributed by atoms with Crippen LogP contribution in [0.1, 0.15) is 68.9 Å². The van der Waals surface area contributed by atoms with E-state index in [4.69, 9.17) is 0 Å². The van der Waals surface area contributed by atoms with Crippen LogP contribution in [0.5, 0.6) is 0 Å². The Hall–Kier alpha value is -2.04. The molecule has 5 nitrogen and oxygen atoms in total. The summed E-state index contributed by atoms with van der Waals surface area (Å²) < 4.78 is 0. The first kappa shape index (κ1) is 20.7. The van der Waals surface area contributed by atoms with E-state index in [1.165, 1.54) is 56.1 Å². The monoisotopic (exact) mass is 384 g/mol. The number of hydrogen-bond acceptors (Lipinski definition) is 2. The number of likely N-dealkylation sites (tertiary alicyclic amines) is 1. The Morgan fingerprint density at radius 2 is 1.89 bits per heavy atom. The second kappa shape index (κ2) is 11.1. The number of benzene rings is 1. The zero-order chi connectivity index (χ0) is 19.6. The van der Waals surface area contributed by atoms with Gasteiger partial charge in [-0.05, 0) is 36.3 Å². The summed E-state index contributed by atoms with van der Waals surface area (Å²) in [4.78, 5) is 18.3. The molecule has 154 valence electrons. The number of rotatable bonds is 8. The summed E-state index contributed by atoms with van der Waals surface area (Å²) in [5.74, 6) is 2.07. The fourth-order valence-electron chi connectivity index (χ4n) is 4.43. The Morgan fingerprint density at radius 3 is 2.61 bits per heavy atom. The van der Waals surface area contributed by atoms with Crippen LogP contribution in [0.4, 0.5) is 0 Å². The molecule has 0 aromatic heterocycles. The molecule has 1 saturated carbocycles. The van der Waals surface area contributed by atoms with Crippen molar-refractivity contribution < 1.29 is 4.79 Å². The van der Waals surface area contributed by atoms with E-state index in [0.29, 0.717) is 13.0 Å². The van der Waals surface area contributed by atoms with Gasteiger partial charge in [-0.15, -0.1) is 0 Å². The van der Waals surface area contributed by atoms with Crippen molar-refractivity contribution >= 4 is 11.9 Å². The topological polar surface area (TPSA) is 56.7 Å². The minimum Gasteiger partial charge on any atom is -0.356 e. The number of carbonyl (C=O) groups excluding carboxylic acids is 1. The van der Waals surface area contributed by atoms with E-state index in [-0.39, 0.29) is 5.91 Å². The third kappa shape index (κ3) is 6.25. The molecule has 2 N–H and O–H groups in total. The maximum absolute atomic E-state index is 11.9. The van der Waals surface area contributed by atoms with Gasteiger partial charge in [0.15, 0.2) is 5.96 Å². The van der Waals surface area contributed by atoms with Crippen LogP contribution < -0.4 is 10.6 Å². The first-order valence-electron chi connectivity index (χ1n) is 11.1. The van der Waals surface area contributed by atoms with Gasteiger partial charge >= 0.3 is 0 Å². The lowest BCUT2D eigenvalue weighted by atomic mass is 9.86. The normalized spacial score (nSPS) is 18.5. The Bertz CT molecular complexity index is 652. The van der Waals surface area contributed by atoms with Gasteiger partial charge in [0, 0.05) is 39.6 Å². The van der Waals surface area contributed by atoms with E-state index >= 15 is 0 Å². The van der Waals surface area contributed by atoms with Crippen molar-refractivity contribution in [3.63, 3.8) is 0 Å². The van der Waals surface area contributed by atoms with Crippen LogP contribution in [-0.2, 0) is 17.9 Å². The highest BCUT2D eigenvalue weighted by Gasteiger charge is 2.20. The second-order valence-electron chi connectivity index (χ2n) is 8.19. The van der Waals surface area contributed by atoms with Crippen molar-refractivity contribution in [1.29, 1.82) is 0 Å². The van der Waals surface area contributed by atoms with Gasteiger partial charge in [0.2, 0.25) is 5.91 Å². The number of nitrogens with zero attached hydrogens (tertiary/aromatic N) is 2. The Morgan fingerprint density at radius 1 is 1.11 bits per heavy atom. The van der Waals surface area contributed by atoms with Crippen molar-refractivity contribution in [1.82, 2.24) is 15.5 Å². The van der Waals surface area contributed by atoms with Crippen molar-refractivity contribution in [2.75, 3.05) is 20.1 Å². The Balaban J connectivity index is 1.42. The zero-order valence-corrected chi connectivity index (χ0v) is 17.4. The molecular formula is C23H36N4O. The first-order valence-corrected chi connectivity index (χ1v) is 11.1. The minimum atomic E-state index is 0.276. The molecule has 2 fully saturated rings. The molecule has 0 spiro atoms. The molecule has 1 amide bonds. The molecule has 2 aliphatic rings. The summed E-state index contributed by atoms with van der Waals surface area (Å²) in [6.45, 7) is 3.29. The molecule has 0 bridgehead atoms. The van der Waals surface area contributed by atoms with Crippen LogP contribution in [0, 0.1) is 5.92 Å². The molecule has 1 aliphatic carbocycles. The van der Waals surface area contributed by atoms with Crippen molar-refractivity contribution in [3.05, 3.63) is 35.4 Å². The Labute approximate surface area is 170 Å². The van der Waals surface area contributed by atoms with E-state index in [1.54, 1.807) is 0 Å². The number of aliphatic imine (C=N–C) groups is 1. The number of nitrogens with one attached hydrogen (secondary N) is 2. The minimum absolute atomic E-state index is 0.276. The molecule has 1 aliphatic heterocycles. The third-order valence-electron chi connectivity index (χ3n) is 6.13. The SMILES string of the molecule is CN=C(NCCCC1CCCCC1)NCc1ccccc1CN1CCCC1=O. The number of hydrogen-bond donors (Lipinski definition) is 2. The van der Waals surface area contributed by atoms with E-state index in [1.807, 2.05) is 11.9 Å². The summed E-state index contributed by atoms with van der Waals surface area (Å²) >= 11 is 0. The molecule has 3 rings (SSSR count). The predicted octanol–water partition coefficient (Wildman–Crippen LogP) is 3.83. The van der Waals surface area contributed by atoms with Crippen molar-refractivity contribution in [3.8, 4) is 0 Å². The summed E-state index contributed by atoms with van der Waals surface area (Å²) in [5, 5.41) is 6.89. The molecule has 1 saturated heterocycles. The van der Waals surface area contributed by atoms with Gasteiger partial charge in [0.05, 0.1) is 0 Å². The lowest BCUT2D eigenvalue weighted by Gasteiger charge is -2.21.